The lowest BCUT2D eigenvalue weighted by Crippen LogP contribution is -2.58. The Balaban J connectivity index is 1.59. The van der Waals surface area contributed by atoms with Crippen LogP contribution in [-0.2, 0) is 9.59 Å². The van der Waals surface area contributed by atoms with Crippen LogP contribution in [0.2, 0.25) is 0 Å². The second kappa shape index (κ2) is 5.69. The lowest BCUT2D eigenvalue weighted by Gasteiger charge is -2.48. The van der Waals surface area contributed by atoms with Gasteiger partial charge in [0.1, 0.15) is 0 Å². The zero-order valence-corrected chi connectivity index (χ0v) is 13.2. The van der Waals surface area contributed by atoms with Crippen LogP contribution < -0.4 is 5.32 Å². The molecule has 1 atom stereocenters. The van der Waals surface area contributed by atoms with Crippen molar-refractivity contribution in [3.8, 4) is 0 Å². The number of nitrogens with zero attached hydrogens (tertiary/aromatic N) is 2. The first-order chi connectivity index (χ1) is 10.0. The van der Waals surface area contributed by atoms with Gasteiger partial charge in [0.15, 0.2) is 0 Å². The van der Waals surface area contributed by atoms with Crippen molar-refractivity contribution in [2.24, 2.45) is 0 Å². The first-order valence-electron chi connectivity index (χ1n) is 8.30. The number of likely N-dealkylation sites (N-methyl/N-ethyl adjacent to an activating group) is 1. The molecule has 2 aliphatic carbocycles. The Kier molecular flexibility index (Phi) is 4.06. The van der Waals surface area contributed by atoms with E-state index < -0.39 is 0 Å². The number of carbonyl (C=O) groups is 2. The molecule has 1 unspecified atom stereocenters. The summed E-state index contributed by atoms with van der Waals surface area (Å²) in [6, 6.07) is -0.126. The minimum atomic E-state index is -0.296. The van der Waals surface area contributed by atoms with Gasteiger partial charge in [0.05, 0.1) is 12.5 Å². The number of carbonyl (C=O) groups excluding carboxylic acids is 2. The fourth-order valence-electron chi connectivity index (χ4n) is 4.04. The Hall–Kier alpha value is -0.940. The summed E-state index contributed by atoms with van der Waals surface area (Å²) in [5, 5.41) is 3.39. The molecule has 3 fully saturated rings. The quantitative estimate of drug-likeness (QED) is 0.772. The maximum absolute atomic E-state index is 12.5. The maximum Gasteiger partial charge on any atom is 0.247 e. The highest BCUT2D eigenvalue weighted by Crippen LogP contribution is 2.36. The number of imide groups is 1. The van der Waals surface area contributed by atoms with Crippen LogP contribution in [0.5, 0.6) is 0 Å². The molecule has 0 aromatic rings. The van der Waals surface area contributed by atoms with Crippen LogP contribution in [0.3, 0.4) is 0 Å². The van der Waals surface area contributed by atoms with Crippen LogP contribution in [0.1, 0.15) is 51.4 Å². The van der Waals surface area contributed by atoms with Crippen molar-refractivity contribution in [1.82, 2.24) is 15.1 Å². The van der Waals surface area contributed by atoms with Crippen molar-refractivity contribution < 1.29 is 9.59 Å². The van der Waals surface area contributed by atoms with Gasteiger partial charge in [-0.1, -0.05) is 12.8 Å². The summed E-state index contributed by atoms with van der Waals surface area (Å²) in [6.45, 7) is 0.808. The first-order valence-corrected chi connectivity index (χ1v) is 8.30. The van der Waals surface area contributed by atoms with Gasteiger partial charge in [-0.15, -0.1) is 0 Å². The van der Waals surface area contributed by atoms with Crippen molar-refractivity contribution in [2.75, 3.05) is 20.6 Å². The number of rotatable bonds is 5. The van der Waals surface area contributed by atoms with Gasteiger partial charge in [0.2, 0.25) is 11.8 Å². The lowest BCUT2D eigenvalue weighted by atomic mass is 9.75. The van der Waals surface area contributed by atoms with E-state index in [-0.39, 0.29) is 29.4 Å². The molecular weight excluding hydrogens is 266 g/mol. The van der Waals surface area contributed by atoms with E-state index in [1.165, 1.54) is 19.3 Å². The Morgan fingerprint density at radius 2 is 1.86 bits per heavy atom. The maximum atomic E-state index is 12.5. The molecule has 1 aliphatic heterocycles. The van der Waals surface area contributed by atoms with E-state index in [1.807, 2.05) is 0 Å². The second-order valence-electron chi connectivity index (χ2n) is 7.15. The average Bonchev–Trinajstić information content (AvgIpc) is 2.97. The van der Waals surface area contributed by atoms with Gasteiger partial charge in [-0.3, -0.25) is 14.5 Å². The van der Waals surface area contributed by atoms with Gasteiger partial charge < -0.3 is 10.2 Å². The third kappa shape index (κ3) is 2.61. The molecule has 1 N–H and O–H groups in total. The van der Waals surface area contributed by atoms with Gasteiger partial charge in [-0.2, -0.15) is 0 Å². The fraction of sp³-hybridized carbons (Fsp3) is 0.875. The van der Waals surface area contributed by atoms with Gasteiger partial charge in [-0.05, 0) is 46.2 Å². The van der Waals surface area contributed by atoms with Crippen molar-refractivity contribution in [3.05, 3.63) is 0 Å². The van der Waals surface area contributed by atoms with E-state index in [9.17, 15) is 9.59 Å². The van der Waals surface area contributed by atoms with Gasteiger partial charge in [0, 0.05) is 18.1 Å². The Labute approximate surface area is 127 Å². The van der Waals surface area contributed by atoms with Crippen LogP contribution in [-0.4, -0.2) is 59.9 Å². The highest BCUT2D eigenvalue weighted by atomic mass is 16.2. The van der Waals surface area contributed by atoms with Gasteiger partial charge in [-0.25, -0.2) is 0 Å². The van der Waals surface area contributed by atoms with Crippen LogP contribution in [0.25, 0.3) is 0 Å². The van der Waals surface area contributed by atoms with E-state index in [4.69, 9.17) is 0 Å². The molecule has 0 spiro atoms. The molecule has 2 saturated carbocycles. The molecule has 0 bridgehead atoms. The second-order valence-corrected chi connectivity index (χ2v) is 7.15. The monoisotopic (exact) mass is 293 g/mol. The predicted octanol–water partition coefficient (Wildman–Crippen LogP) is 1.13. The zero-order valence-electron chi connectivity index (χ0n) is 13.2. The summed E-state index contributed by atoms with van der Waals surface area (Å²) >= 11 is 0. The predicted molar refractivity (Wildman–Crippen MR) is 80.8 cm³/mol. The standard InChI is InChI=1S/C16H27N3O2/c1-18(2)16(8-5-9-16)11-17-13-10-14(20)19(15(13)21)12-6-3-4-7-12/h12-13,17H,3-11H2,1-2H3. The molecule has 2 amide bonds. The molecule has 21 heavy (non-hydrogen) atoms. The van der Waals surface area contributed by atoms with Crippen LogP contribution in [0, 0.1) is 0 Å². The summed E-state index contributed by atoms with van der Waals surface area (Å²) in [7, 11) is 4.21. The largest absolute Gasteiger partial charge is 0.304 e. The molecule has 3 aliphatic rings. The number of hydrogen-bond acceptors (Lipinski definition) is 4. The zero-order chi connectivity index (χ0) is 15.0. The normalized spacial score (nSPS) is 29.5. The van der Waals surface area contributed by atoms with Gasteiger partial charge in [0.25, 0.3) is 0 Å². The lowest BCUT2D eigenvalue weighted by molar-refractivity contribution is -0.141. The molecular formula is C16H27N3O2. The number of likely N-dealkylation sites (tertiary alicyclic amines) is 1. The van der Waals surface area contributed by atoms with E-state index in [0.717, 1.165) is 32.2 Å². The summed E-state index contributed by atoms with van der Waals surface area (Å²) in [6.07, 6.45) is 8.22. The molecule has 5 heteroatoms. The fourth-order valence-corrected chi connectivity index (χ4v) is 4.04. The van der Waals surface area contributed by atoms with Crippen LogP contribution >= 0.6 is 0 Å². The summed E-state index contributed by atoms with van der Waals surface area (Å²) in [5.74, 6) is 0.0389. The van der Waals surface area contributed by atoms with Crippen molar-refractivity contribution >= 4 is 11.8 Å². The molecule has 3 rings (SSSR count). The molecule has 1 saturated heterocycles. The SMILES string of the molecule is CN(C)C1(CNC2CC(=O)N(C3CCCC3)C2=O)CCC1. The summed E-state index contributed by atoms with van der Waals surface area (Å²) in [5.41, 5.74) is 0.185. The summed E-state index contributed by atoms with van der Waals surface area (Å²) < 4.78 is 0. The molecule has 1 heterocycles. The van der Waals surface area contributed by atoms with E-state index >= 15 is 0 Å². The Morgan fingerprint density at radius 1 is 1.19 bits per heavy atom. The average molecular weight is 293 g/mol. The molecule has 5 nitrogen and oxygen atoms in total. The van der Waals surface area contributed by atoms with E-state index in [2.05, 4.69) is 24.3 Å². The van der Waals surface area contributed by atoms with E-state index in [0.29, 0.717) is 6.42 Å². The first kappa shape index (κ1) is 15.0. The topological polar surface area (TPSA) is 52.7 Å². The van der Waals surface area contributed by atoms with Crippen molar-refractivity contribution in [2.45, 2.75) is 69.0 Å². The molecule has 0 aromatic carbocycles. The Bertz CT molecular complexity index is 425. The molecule has 0 aromatic heterocycles. The van der Waals surface area contributed by atoms with Gasteiger partial charge >= 0.3 is 0 Å². The Morgan fingerprint density at radius 3 is 2.38 bits per heavy atom. The smallest absolute Gasteiger partial charge is 0.247 e. The highest BCUT2D eigenvalue weighted by Gasteiger charge is 2.45. The minimum absolute atomic E-state index is 0.0140. The minimum Gasteiger partial charge on any atom is -0.304 e. The highest BCUT2D eigenvalue weighted by molar-refractivity contribution is 6.05. The van der Waals surface area contributed by atoms with Crippen LogP contribution in [0.4, 0.5) is 0 Å². The number of hydrogen-bond donors (Lipinski definition) is 1. The van der Waals surface area contributed by atoms with Crippen LogP contribution in [0.15, 0.2) is 0 Å². The number of amides is 2. The third-order valence-corrected chi connectivity index (χ3v) is 5.78. The molecule has 0 radical (unpaired) electrons. The summed E-state index contributed by atoms with van der Waals surface area (Å²) in [4.78, 5) is 28.5. The molecule has 118 valence electrons. The van der Waals surface area contributed by atoms with Crippen molar-refractivity contribution in [1.29, 1.82) is 0 Å². The van der Waals surface area contributed by atoms with E-state index in [1.54, 1.807) is 4.90 Å². The third-order valence-electron chi connectivity index (χ3n) is 5.78. The number of nitrogens with one attached hydrogen (secondary N) is 1. The van der Waals surface area contributed by atoms with Crippen molar-refractivity contribution in [3.63, 3.8) is 0 Å².